The lowest BCUT2D eigenvalue weighted by Crippen LogP contribution is -2.52. The Morgan fingerprint density at radius 1 is 1.23 bits per heavy atom. The van der Waals surface area contributed by atoms with E-state index in [2.05, 4.69) is 45.6 Å². The number of H-pyrrole nitrogens is 1. The lowest BCUT2D eigenvalue weighted by atomic mass is 9.88. The average Bonchev–Trinajstić information content (AvgIpc) is 3.25. The SMILES string of the molecule is CCC1CC(Nc2nc(Nc3cc(C)[nH]n3)cc(C)c2/C=C\N(C)C=O)CC(CC)N1CCC#N. The third kappa shape index (κ3) is 6.83. The molecule has 1 aliphatic rings. The van der Waals surface area contributed by atoms with Crippen molar-refractivity contribution in [2.45, 2.75) is 77.9 Å². The first kappa shape index (κ1) is 26.2. The maximum atomic E-state index is 11.1. The molecule has 2 aromatic rings. The van der Waals surface area contributed by atoms with Gasteiger partial charge in [0.25, 0.3) is 0 Å². The molecule has 0 bridgehead atoms. The van der Waals surface area contributed by atoms with Gasteiger partial charge >= 0.3 is 0 Å². The molecule has 0 aliphatic carbocycles. The molecule has 1 aliphatic heterocycles. The number of nitriles is 1. The van der Waals surface area contributed by atoms with E-state index in [1.165, 1.54) is 4.90 Å². The van der Waals surface area contributed by atoms with Crippen LogP contribution >= 0.6 is 0 Å². The second kappa shape index (κ2) is 12.4. The van der Waals surface area contributed by atoms with Crippen LogP contribution in [0.15, 0.2) is 18.3 Å². The average molecular weight is 479 g/mol. The monoisotopic (exact) mass is 478 g/mol. The van der Waals surface area contributed by atoms with E-state index in [1.54, 1.807) is 13.2 Å². The molecule has 2 unspecified atom stereocenters. The molecule has 0 aromatic carbocycles. The summed E-state index contributed by atoms with van der Waals surface area (Å²) in [5, 5.41) is 23.4. The molecule has 0 radical (unpaired) electrons. The molecule has 1 fully saturated rings. The number of aromatic nitrogens is 3. The van der Waals surface area contributed by atoms with Crippen LogP contribution in [0.2, 0.25) is 0 Å². The highest BCUT2D eigenvalue weighted by atomic mass is 16.1. The summed E-state index contributed by atoms with van der Waals surface area (Å²) in [5.41, 5.74) is 2.97. The molecule has 188 valence electrons. The Bertz CT molecular complexity index is 1040. The third-order valence-corrected chi connectivity index (χ3v) is 6.69. The molecular weight excluding hydrogens is 440 g/mol. The highest BCUT2D eigenvalue weighted by Gasteiger charge is 2.34. The molecule has 3 heterocycles. The largest absolute Gasteiger partial charge is 0.367 e. The lowest BCUT2D eigenvalue weighted by Gasteiger charge is -2.45. The molecule has 2 atom stereocenters. The van der Waals surface area contributed by atoms with Crippen molar-refractivity contribution in [3.05, 3.63) is 35.2 Å². The number of rotatable bonds is 11. The number of piperidine rings is 1. The van der Waals surface area contributed by atoms with Gasteiger partial charge in [-0.1, -0.05) is 13.8 Å². The standard InChI is InChI=1S/C26H38N8O/c1-6-21-15-20(16-22(7-2)34(21)11-8-10-27)28-26-23(9-12-33(5)17-35)18(3)13-24(30-26)29-25-14-19(4)31-32-25/h9,12-14,17,20-22H,6-8,11,15-16H2,1-5H3,(H3,28,29,30,31,32)/b12-9-. The quantitative estimate of drug-likeness (QED) is 0.405. The van der Waals surface area contributed by atoms with E-state index >= 15 is 0 Å². The van der Waals surface area contributed by atoms with E-state index in [1.807, 2.05) is 32.1 Å². The van der Waals surface area contributed by atoms with E-state index < -0.39 is 0 Å². The van der Waals surface area contributed by atoms with Crippen LogP contribution in [0, 0.1) is 25.2 Å². The number of nitrogens with zero attached hydrogens (tertiary/aromatic N) is 5. The third-order valence-electron chi connectivity index (χ3n) is 6.69. The molecule has 1 amide bonds. The van der Waals surface area contributed by atoms with Crippen molar-refractivity contribution in [2.75, 3.05) is 24.2 Å². The van der Waals surface area contributed by atoms with Crippen molar-refractivity contribution in [3.63, 3.8) is 0 Å². The minimum Gasteiger partial charge on any atom is -0.367 e. The minimum absolute atomic E-state index is 0.258. The number of likely N-dealkylation sites (tertiary alicyclic amines) is 1. The van der Waals surface area contributed by atoms with E-state index in [4.69, 9.17) is 10.2 Å². The summed E-state index contributed by atoms with van der Waals surface area (Å²) in [6.07, 6.45) is 9.09. The van der Waals surface area contributed by atoms with Crippen LogP contribution in [-0.4, -0.2) is 63.1 Å². The van der Waals surface area contributed by atoms with Crippen LogP contribution in [0.3, 0.4) is 0 Å². The Balaban J connectivity index is 1.90. The maximum absolute atomic E-state index is 11.1. The van der Waals surface area contributed by atoms with E-state index in [9.17, 15) is 4.79 Å². The number of aromatic amines is 1. The van der Waals surface area contributed by atoms with Gasteiger partial charge in [0.2, 0.25) is 6.41 Å². The molecule has 9 heteroatoms. The van der Waals surface area contributed by atoms with Crippen LogP contribution < -0.4 is 10.6 Å². The molecule has 35 heavy (non-hydrogen) atoms. The number of nitrogens with one attached hydrogen (secondary N) is 3. The number of hydrogen-bond acceptors (Lipinski definition) is 7. The number of carbonyl (C=O) groups is 1. The predicted molar refractivity (Wildman–Crippen MR) is 140 cm³/mol. The Labute approximate surface area is 208 Å². The molecule has 0 spiro atoms. The Morgan fingerprint density at radius 2 is 1.94 bits per heavy atom. The zero-order chi connectivity index (χ0) is 25.4. The van der Waals surface area contributed by atoms with Gasteiger partial charge < -0.3 is 15.5 Å². The molecule has 2 aromatic heterocycles. The fourth-order valence-corrected chi connectivity index (χ4v) is 4.89. The lowest BCUT2D eigenvalue weighted by molar-refractivity contribution is -0.114. The van der Waals surface area contributed by atoms with Crippen molar-refractivity contribution in [1.29, 1.82) is 5.26 Å². The summed E-state index contributed by atoms with van der Waals surface area (Å²) in [7, 11) is 1.71. The molecule has 0 saturated carbocycles. The first-order chi connectivity index (χ1) is 16.9. The fraction of sp³-hybridized carbons (Fsp3) is 0.538. The van der Waals surface area contributed by atoms with Crippen LogP contribution in [-0.2, 0) is 4.79 Å². The van der Waals surface area contributed by atoms with E-state index in [0.717, 1.165) is 61.3 Å². The van der Waals surface area contributed by atoms with Crippen LogP contribution in [0.25, 0.3) is 6.08 Å². The topological polar surface area (TPSA) is 113 Å². The van der Waals surface area contributed by atoms with Crippen molar-refractivity contribution in [2.24, 2.45) is 0 Å². The van der Waals surface area contributed by atoms with Gasteiger partial charge in [-0.05, 0) is 57.2 Å². The van der Waals surface area contributed by atoms with Gasteiger partial charge in [0.05, 0.1) is 6.07 Å². The number of carbonyl (C=O) groups excluding carboxylic acids is 1. The second-order valence-corrected chi connectivity index (χ2v) is 9.32. The van der Waals surface area contributed by atoms with Crippen molar-refractivity contribution >= 4 is 29.9 Å². The van der Waals surface area contributed by atoms with Crippen LogP contribution in [0.4, 0.5) is 17.5 Å². The fourth-order valence-electron chi connectivity index (χ4n) is 4.89. The minimum atomic E-state index is 0.258. The number of amides is 1. The van der Waals surface area contributed by atoms with Crippen molar-refractivity contribution in [1.82, 2.24) is 25.0 Å². The number of anilines is 3. The van der Waals surface area contributed by atoms with Gasteiger partial charge in [-0.3, -0.25) is 14.8 Å². The Hall–Kier alpha value is -3.38. The molecule has 3 rings (SSSR count). The molecular formula is C26H38N8O. The van der Waals surface area contributed by atoms with Gasteiger partial charge in [0.1, 0.15) is 11.6 Å². The summed E-state index contributed by atoms with van der Waals surface area (Å²) < 4.78 is 0. The second-order valence-electron chi connectivity index (χ2n) is 9.32. The molecule has 3 N–H and O–H groups in total. The van der Waals surface area contributed by atoms with Gasteiger partial charge in [0.15, 0.2) is 5.82 Å². The van der Waals surface area contributed by atoms with E-state index in [-0.39, 0.29) is 6.04 Å². The van der Waals surface area contributed by atoms with Gasteiger partial charge in [-0.2, -0.15) is 10.4 Å². The summed E-state index contributed by atoms with van der Waals surface area (Å²) in [6.45, 7) is 9.27. The summed E-state index contributed by atoms with van der Waals surface area (Å²) >= 11 is 0. The first-order valence-electron chi connectivity index (χ1n) is 12.4. The maximum Gasteiger partial charge on any atom is 0.213 e. The first-order valence-corrected chi connectivity index (χ1v) is 12.4. The highest BCUT2D eigenvalue weighted by molar-refractivity contribution is 5.71. The zero-order valence-corrected chi connectivity index (χ0v) is 21.5. The Kier molecular flexibility index (Phi) is 9.26. The summed E-state index contributed by atoms with van der Waals surface area (Å²) in [4.78, 5) is 20.0. The summed E-state index contributed by atoms with van der Waals surface area (Å²) in [6, 6.07) is 7.34. The van der Waals surface area contributed by atoms with Gasteiger partial charge in [0, 0.05) is 61.7 Å². The predicted octanol–water partition coefficient (Wildman–Crippen LogP) is 4.57. The van der Waals surface area contributed by atoms with Gasteiger partial charge in [-0.15, -0.1) is 0 Å². The smallest absolute Gasteiger partial charge is 0.213 e. The molecule has 9 nitrogen and oxygen atoms in total. The van der Waals surface area contributed by atoms with Gasteiger partial charge in [-0.25, -0.2) is 4.98 Å². The zero-order valence-electron chi connectivity index (χ0n) is 21.5. The van der Waals surface area contributed by atoms with Crippen molar-refractivity contribution in [3.8, 4) is 6.07 Å². The van der Waals surface area contributed by atoms with E-state index in [0.29, 0.717) is 30.1 Å². The number of aryl methyl sites for hydroxylation is 2. The number of hydrogen-bond donors (Lipinski definition) is 3. The molecule has 1 saturated heterocycles. The highest BCUT2D eigenvalue weighted by Crippen LogP contribution is 2.32. The summed E-state index contributed by atoms with van der Waals surface area (Å²) in [5.74, 6) is 2.21. The van der Waals surface area contributed by atoms with Crippen LogP contribution in [0.5, 0.6) is 0 Å². The van der Waals surface area contributed by atoms with Crippen LogP contribution in [0.1, 0.15) is 62.8 Å². The normalized spacial score (nSPS) is 20.5. The number of pyridine rings is 1. The van der Waals surface area contributed by atoms with Crippen molar-refractivity contribution < 1.29 is 4.79 Å². The Morgan fingerprint density at radius 3 is 2.51 bits per heavy atom.